The smallest absolute Gasteiger partial charge is 0.224 e. The Balaban J connectivity index is 1.93. The number of nitrogens with one attached hydrogen (secondary N) is 1. The van der Waals surface area contributed by atoms with Gasteiger partial charge in [-0.15, -0.1) is 0 Å². The lowest BCUT2D eigenvalue weighted by Gasteiger charge is -2.09. The molecule has 0 bridgehead atoms. The average molecular weight is 346 g/mol. The van der Waals surface area contributed by atoms with Crippen LogP contribution in [-0.2, 0) is 14.6 Å². The second-order valence-electron chi connectivity index (χ2n) is 4.99. The fourth-order valence-electron chi connectivity index (χ4n) is 2.18. The maximum Gasteiger partial charge on any atom is 0.224 e. The second kappa shape index (κ2) is 5.63. The Kier molecular flexibility index (Phi) is 4.30. The number of sulfone groups is 1. The van der Waals surface area contributed by atoms with Gasteiger partial charge in [-0.05, 0) is 37.0 Å². The zero-order valence-electron chi connectivity index (χ0n) is 10.6. The van der Waals surface area contributed by atoms with E-state index in [0.717, 1.165) is 15.7 Å². The molecule has 2 rings (SSSR count). The molecule has 1 N–H and O–H groups in total. The number of anilines is 1. The summed E-state index contributed by atoms with van der Waals surface area (Å²) >= 11 is 3.41. The molecule has 104 valence electrons. The van der Waals surface area contributed by atoms with Crippen molar-refractivity contribution in [2.24, 2.45) is 5.92 Å². The van der Waals surface area contributed by atoms with Gasteiger partial charge in [0.05, 0.1) is 11.5 Å². The van der Waals surface area contributed by atoms with Crippen LogP contribution >= 0.6 is 15.9 Å². The lowest BCUT2D eigenvalue weighted by Crippen LogP contribution is -2.17. The maximum absolute atomic E-state index is 11.9. The van der Waals surface area contributed by atoms with Crippen molar-refractivity contribution < 1.29 is 13.2 Å². The van der Waals surface area contributed by atoms with Gasteiger partial charge in [-0.1, -0.05) is 22.0 Å². The minimum absolute atomic E-state index is 0.0427. The molecule has 1 aromatic rings. The SMILES string of the molecule is Cc1ccc(NC(=O)C[C@@H]2CCS(=O)(=O)C2)cc1Br. The van der Waals surface area contributed by atoms with Gasteiger partial charge >= 0.3 is 0 Å². The van der Waals surface area contributed by atoms with Gasteiger partial charge in [-0.25, -0.2) is 8.42 Å². The normalized spacial score (nSPS) is 21.3. The maximum atomic E-state index is 11.9. The summed E-state index contributed by atoms with van der Waals surface area (Å²) in [5.41, 5.74) is 1.82. The van der Waals surface area contributed by atoms with Crippen LogP contribution < -0.4 is 5.32 Å². The van der Waals surface area contributed by atoms with Gasteiger partial charge < -0.3 is 5.32 Å². The highest BCUT2D eigenvalue weighted by Gasteiger charge is 2.29. The van der Waals surface area contributed by atoms with Gasteiger partial charge in [0.2, 0.25) is 5.91 Å². The Hall–Kier alpha value is -0.880. The van der Waals surface area contributed by atoms with E-state index >= 15 is 0 Å². The van der Waals surface area contributed by atoms with Gasteiger partial charge in [0, 0.05) is 16.6 Å². The summed E-state index contributed by atoms with van der Waals surface area (Å²) in [6.07, 6.45) is 0.859. The molecule has 1 aliphatic heterocycles. The molecule has 0 unspecified atom stereocenters. The van der Waals surface area contributed by atoms with Crippen molar-refractivity contribution in [1.82, 2.24) is 0 Å². The first-order valence-electron chi connectivity index (χ1n) is 6.12. The van der Waals surface area contributed by atoms with Crippen LogP contribution in [0.2, 0.25) is 0 Å². The quantitative estimate of drug-likeness (QED) is 0.915. The minimum atomic E-state index is -2.91. The van der Waals surface area contributed by atoms with E-state index in [1.54, 1.807) is 0 Å². The number of hydrogen-bond donors (Lipinski definition) is 1. The standard InChI is InChI=1S/C13H16BrNO3S/c1-9-2-3-11(7-12(9)14)15-13(16)6-10-4-5-19(17,18)8-10/h2-3,7,10H,4-6,8H2,1H3,(H,15,16)/t10-/m0/s1. The molecule has 1 fully saturated rings. The largest absolute Gasteiger partial charge is 0.326 e. The predicted molar refractivity (Wildman–Crippen MR) is 78.9 cm³/mol. The third-order valence-electron chi connectivity index (χ3n) is 3.26. The van der Waals surface area contributed by atoms with Crippen LogP contribution in [0.15, 0.2) is 22.7 Å². The number of halogens is 1. The number of aryl methyl sites for hydroxylation is 1. The summed E-state index contributed by atoms with van der Waals surface area (Å²) in [5, 5.41) is 2.80. The Labute approximate surface area is 121 Å². The van der Waals surface area contributed by atoms with Gasteiger partial charge in [0.15, 0.2) is 9.84 Å². The summed E-state index contributed by atoms with van der Waals surface area (Å²) in [4.78, 5) is 11.9. The van der Waals surface area contributed by atoms with Crippen molar-refractivity contribution in [3.05, 3.63) is 28.2 Å². The van der Waals surface area contributed by atoms with E-state index in [4.69, 9.17) is 0 Å². The first-order valence-corrected chi connectivity index (χ1v) is 8.73. The Morgan fingerprint density at radius 2 is 2.21 bits per heavy atom. The minimum Gasteiger partial charge on any atom is -0.326 e. The summed E-state index contributed by atoms with van der Waals surface area (Å²) in [7, 11) is -2.91. The van der Waals surface area contributed by atoms with E-state index in [2.05, 4.69) is 21.2 Å². The highest BCUT2D eigenvalue weighted by atomic mass is 79.9. The van der Waals surface area contributed by atoms with E-state index < -0.39 is 9.84 Å². The van der Waals surface area contributed by atoms with Crippen molar-refractivity contribution in [3.63, 3.8) is 0 Å². The fourth-order valence-corrected chi connectivity index (χ4v) is 4.42. The number of rotatable bonds is 3. The second-order valence-corrected chi connectivity index (χ2v) is 8.07. The van der Waals surface area contributed by atoms with Crippen LogP contribution in [0, 0.1) is 12.8 Å². The Bertz CT molecular complexity index is 598. The Morgan fingerprint density at radius 1 is 1.47 bits per heavy atom. The topological polar surface area (TPSA) is 63.2 Å². The van der Waals surface area contributed by atoms with Crippen molar-refractivity contribution in [2.45, 2.75) is 19.8 Å². The molecule has 0 aliphatic carbocycles. The lowest BCUT2D eigenvalue weighted by atomic mass is 10.0. The van der Waals surface area contributed by atoms with Crippen molar-refractivity contribution >= 4 is 37.4 Å². The van der Waals surface area contributed by atoms with E-state index in [0.29, 0.717) is 6.42 Å². The molecule has 0 aromatic heterocycles. The van der Waals surface area contributed by atoms with Crippen LogP contribution in [0.5, 0.6) is 0 Å². The zero-order chi connectivity index (χ0) is 14.0. The van der Waals surface area contributed by atoms with Crippen molar-refractivity contribution in [1.29, 1.82) is 0 Å². The molecule has 1 atom stereocenters. The van der Waals surface area contributed by atoms with Crippen LogP contribution in [0.3, 0.4) is 0 Å². The van der Waals surface area contributed by atoms with Crippen molar-refractivity contribution in [2.75, 3.05) is 16.8 Å². The number of carbonyl (C=O) groups excluding carboxylic acids is 1. The summed E-state index contributed by atoms with van der Waals surface area (Å²) in [6.45, 7) is 1.97. The van der Waals surface area contributed by atoms with E-state index in [1.165, 1.54) is 0 Å². The van der Waals surface area contributed by atoms with Crippen molar-refractivity contribution in [3.8, 4) is 0 Å². The molecule has 0 spiro atoms. The van der Waals surface area contributed by atoms with E-state index in [9.17, 15) is 13.2 Å². The number of amides is 1. The molecule has 0 saturated carbocycles. The molecular weight excluding hydrogens is 330 g/mol. The average Bonchev–Trinajstić information content (AvgIpc) is 2.63. The molecule has 1 saturated heterocycles. The van der Waals surface area contributed by atoms with Crippen LogP contribution in [0.25, 0.3) is 0 Å². The lowest BCUT2D eigenvalue weighted by molar-refractivity contribution is -0.116. The van der Waals surface area contributed by atoms with E-state index in [1.807, 2.05) is 25.1 Å². The number of hydrogen-bond acceptors (Lipinski definition) is 3. The summed E-state index contributed by atoms with van der Waals surface area (Å²) < 4.78 is 23.6. The molecule has 1 aliphatic rings. The van der Waals surface area contributed by atoms with Gasteiger partial charge in [-0.2, -0.15) is 0 Å². The van der Waals surface area contributed by atoms with Gasteiger partial charge in [0.25, 0.3) is 0 Å². The van der Waals surface area contributed by atoms with Crippen LogP contribution in [0.1, 0.15) is 18.4 Å². The highest BCUT2D eigenvalue weighted by Crippen LogP contribution is 2.24. The Morgan fingerprint density at radius 3 is 2.79 bits per heavy atom. The predicted octanol–water partition coefficient (Wildman–Crippen LogP) is 2.52. The van der Waals surface area contributed by atoms with Gasteiger partial charge in [0.1, 0.15) is 0 Å². The van der Waals surface area contributed by atoms with E-state index in [-0.39, 0.29) is 29.8 Å². The first-order chi connectivity index (χ1) is 8.85. The zero-order valence-corrected chi connectivity index (χ0v) is 13.1. The summed E-state index contributed by atoms with van der Waals surface area (Å²) in [6, 6.07) is 5.60. The number of benzene rings is 1. The molecule has 19 heavy (non-hydrogen) atoms. The molecule has 0 radical (unpaired) electrons. The molecule has 1 aromatic carbocycles. The number of carbonyl (C=O) groups is 1. The van der Waals surface area contributed by atoms with Crippen LogP contribution in [0.4, 0.5) is 5.69 Å². The molecule has 1 heterocycles. The molecular formula is C13H16BrNO3S. The highest BCUT2D eigenvalue weighted by molar-refractivity contribution is 9.10. The molecule has 1 amide bonds. The third-order valence-corrected chi connectivity index (χ3v) is 5.95. The van der Waals surface area contributed by atoms with Gasteiger partial charge in [-0.3, -0.25) is 4.79 Å². The first kappa shape index (κ1) is 14.5. The summed E-state index contributed by atoms with van der Waals surface area (Å²) in [5.74, 6) is 0.177. The monoisotopic (exact) mass is 345 g/mol. The molecule has 6 heteroatoms. The van der Waals surface area contributed by atoms with Crippen LogP contribution in [-0.4, -0.2) is 25.8 Å². The molecule has 4 nitrogen and oxygen atoms in total. The fraction of sp³-hybridized carbons (Fsp3) is 0.462. The third kappa shape index (κ3) is 4.04.